The summed E-state index contributed by atoms with van der Waals surface area (Å²) in [4.78, 5) is 24.2. The number of esters is 1. The highest BCUT2D eigenvalue weighted by Crippen LogP contribution is 2.32. The van der Waals surface area contributed by atoms with Crippen LogP contribution >= 0.6 is 0 Å². The van der Waals surface area contributed by atoms with Crippen LogP contribution in [0.2, 0.25) is 0 Å². The van der Waals surface area contributed by atoms with Crippen LogP contribution in [0.25, 0.3) is 0 Å². The lowest BCUT2D eigenvalue weighted by Gasteiger charge is -2.05. The molecule has 0 bridgehead atoms. The number of benzene rings is 3. The third kappa shape index (κ3) is 4.27. The molecule has 3 aromatic rings. The van der Waals surface area contributed by atoms with Crippen LogP contribution in [0.5, 0.6) is 17.2 Å². The summed E-state index contributed by atoms with van der Waals surface area (Å²) < 4.78 is 29.2. The fraction of sp³-hybridized carbons (Fsp3) is 0.0455. The number of carbonyl (C=O) groups excluding carboxylic acids is 2. The molecule has 0 atom stereocenters. The van der Waals surface area contributed by atoms with E-state index < -0.39 is 17.7 Å². The van der Waals surface area contributed by atoms with E-state index in [4.69, 9.17) is 14.2 Å². The van der Waals surface area contributed by atoms with Crippen LogP contribution in [0.4, 0.5) is 4.39 Å². The Labute approximate surface area is 170 Å². The SMILES string of the molecule is O=C(NN=Cc1ccc(OC(=O)c2ccccc2F)cc1)c1ccc2c(c1)OCO2. The largest absolute Gasteiger partial charge is 0.454 e. The number of amides is 1. The first-order valence-electron chi connectivity index (χ1n) is 8.90. The van der Waals surface area contributed by atoms with Gasteiger partial charge in [0.15, 0.2) is 11.5 Å². The predicted molar refractivity (Wildman–Crippen MR) is 105 cm³/mol. The Morgan fingerprint density at radius 3 is 2.57 bits per heavy atom. The average Bonchev–Trinajstić information content (AvgIpc) is 3.23. The van der Waals surface area contributed by atoms with Gasteiger partial charge in [-0.05, 0) is 60.2 Å². The molecular formula is C22H15FN2O5. The van der Waals surface area contributed by atoms with Crippen molar-refractivity contribution in [3.63, 3.8) is 0 Å². The maximum absolute atomic E-state index is 13.6. The van der Waals surface area contributed by atoms with Crippen molar-refractivity contribution in [2.45, 2.75) is 0 Å². The number of rotatable bonds is 5. The van der Waals surface area contributed by atoms with Gasteiger partial charge in [-0.2, -0.15) is 5.10 Å². The summed E-state index contributed by atoms with van der Waals surface area (Å²) in [6.45, 7) is 0.129. The first-order valence-corrected chi connectivity index (χ1v) is 8.90. The summed E-state index contributed by atoms with van der Waals surface area (Å²) in [7, 11) is 0. The van der Waals surface area contributed by atoms with Gasteiger partial charge in [-0.1, -0.05) is 12.1 Å². The monoisotopic (exact) mass is 406 g/mol. The van der Waals surface area contributed by atoms with Gasteiger partial charge in [-0.15, -0.1) is 0 Å². The number of hydrazone groups is 1. The van der Waals surface area contributed by atoms with Crippen molar-refractivity contribution < 1.29 is 28.2 Å². The molecule has 1 aliphatic rings. The quantitative estimate of drug-likeness (QED) is 0.303. The Kier molecular flexibility index (Phi) is 5.38. The number of hydrogen-bond acceptors (Lipinski definition) is 6. The number of nitrogens with one attached hydrogen (secondary N) is 1. The molecular weight excluding hydrogens is 391 g/mol. The molecule has 0 spiro atoms. The van der Waals surface area contributed by atoms with Gasteiger partial charge in [-0.3, -0.25) is 4.79 Å². The van der Waals surface area contributed by atoms with Crippen LogP contribution < -0.4 is 19.6 Å². The minimum atomic E-state index is -0.787. The molecule has 0 saturated carbocycles. The maximum atomic E-state index is 13.6. The molecule has 30 heavy (non-hydrogen) atoms. The molecule has 0 unspecified atom stereocenters. The lowest BCUT2D eigenvalue weighted by molar-refractivity contribution is 0.0729. The summed E-state index contributed by atoms with van der Waals surface area (Å²) in [6, 6.07) is 16.8. The number of fused-ring (bicyclic) bond motifs is 1. The van der Waals surface area contributed by atoms with Crippen molar-refractivity contribution >= 4 is 18.1 Å². The molecule has 0 aromatic heterocycles. The molecule has 4 rings (SSSR count). The van der Waals surface area contributed by atoms with Crippen LogP contribution in [-0.4, -0.2) is 24.9 Å². The number of hydrogen-bond donors (Lipinski definition) is 1. The van der Waals surface area contributed by atoms with Gasteiger partial charge in [0.1, 0.15) is 11.6 Å². The van der Waals surface area contributed by atoms with E-state index in [1.165, 1.54) is 24.4 Å². The highest BCUT2D eigenvalue weighted by molar-refractivity contribution is 5.95. The number of halogens is 1. The topological polar surface area (TPSA) is 86.2 Å². The molecule has 3 aromatic carbocycles. The fourth-order valence-electron chi connectivity index (χ4n) is 2.68. The van der Waals surface area contributed by atoms with E-state index in [9.17, 15) is 14.0 Å². The van der Waals surface area contributed by atoms with E-state index in [-0.39, 0.29) is 18.1 Å². The molecule has 1 N–H and O–H groups in total. The third-order valence-electron chi connectivity index (χ3n) is 4.20. The molecule has 1 aliphatic heterocycles. The fourth-order valence-corrected chi connectivity index (χ4v) is 2.68. The van der Waals surface area contributed by atoms with Crippen molar-refractivity contribution in [2.75, 3.05) is 6.79 Å². The third-order valence-corrected chi connectivity index (χ3v) is 4.20. The van der Waals surface area contributed by atoms with E-state index in [0.29, 0.717) is 22.6 Å². The summed E-state index contributed by atoms with van der Waals surface area (Å²) in [5.74, 6) is -0.488. The highest BCUT2D eigenvalue weighted by Gasteiger charge is 2.16. The number of carbonyl (C=O) groups is 2. The summed E-state index contributed by atoms with van der Waals surface area (Å²) in [5, 5.41) is 3.91. The Hall–Kier alpha value is -4.20. The van der Waals surface area contributed by atoms with E-state index >= 15 is 0 Å². The molecule has 150 valence electrons. The lowest BCUT2D eigenvalue weighted by atomic mass is 10.2. The first kappa shape index (κ1) is 19.1. The second kappa shape index (κ2) is 8.44. The summed E-state index contributed by atoms with van der Waals surface area (Å²) in [5.41, 5.74) is 3.32. The minimum Gasteiger partial charge on any atom is -0.454 e. The first-order chi connectivity index (χ1) is 14.6. The van der Waals surface area contributed by atoms with Crippen LogP contribution in [0.1, 0.15) is 26.3 Å². The van der Waals surface area contributed by atoms with E-state index in [1.54, 1.807) is 48.5 Å². The zero-order valence-corrected chi connectivity index (χ0v) is 15.5. The Morgan fingerprint density at radius 1 is 1.00 bits per heavy atom. The Morgan fingerprint density at radius 2 is 1.77 bits per heavy atom. The van der Waals surface area contributed by atoms with Crippen LogP contribution in [0.3, 0.4) is 0 Å². The normalized spacial score (nSPS) is 12.0. The molecule has 0 radical (unpaired) electrons. The van der Waals surface area contributed by atoms with Gasteiger partial charge < -0.3 is 14.2 Å². The highest BCUT2D eigenvalue weighted by atomic mass is 19.1. The standard InChI is InChI=1S/C22H15FN2O5/c23-18-4-2-1-3-17(18)22(27)30-16-8-5-14(6-9-16)12-24-25-21(26)15-7-10-19-20(11-15)29-13-28-19/h1-12H,13H2,(H,25,26). The molecule has 1 amide bonds. The molecule has 1 heterocycles. The number of ether oxygens (including phenoxy) is 3. The zero-order valence-electron chi connectivity index (χ0n) is 15.5. The molecule has 0 saturated heterocycles. The second-order valence-corrected chi connectivity index (χ2v) is 6.21. The van der Waals surface area contributed by atoms with Gasteiger partial charge in [-0.25, -0.2) is 14.6 Å². The van der Waals surface area contributed by atoms with Crippen LogP contribution in [0, 0.1) is 5.82 Å². The van der Waals surface area contributed by atoms with Crippen LogP contribution in [-0.2, 0) is 0 Å². The Bertz CT molecular complexity index is 1130. The van der Waals surface area contributed by atoms with E-state index in [1.807, 2.05) is 0 Å². The van der Waals surface area contributed by atoms with Crippen molar-refractivity contribution in [3.8, 4) is 17.2 Å². The summed E-state index contributed by atoms with van der Waals surface area (Å²) >= 11 is 0. The average molecular weight is 406 g/mol. The van der Waals surface area contributed by atoms with Crippen LogP contribution in [0.15, 0.2) is 71.8 Å². The molecule has 8 heteroatoms. The van der Waals surface area contributed by atoms with E-state index in [2.05, 4.69) is 10.5 Å². The van der Waals surface area contributed by atoms with Crippen molar-refractivity contribution in [2.24, 2.45) is 5.10 Å². The molecule has 0 fully saturated rings. The maximum Gasteiger partial charge on any atom is 0.346 e. The van der Waals surface area contributed by atoms with Gasteiger partial charge >= 0.3 is 5.97 Å². The van der Waals surface area contributed by atoms with Gasteiger partial charge in [0.25, 0.3) is 5.91 Å². The van der Waals surface area contributed by atoms with Crippen molar-refractivity contribution in [3.05, 3.63) is 89.2 Å². The minimum absolute atomic E-state index is 0.129. The van der Waals surface area contributed by atoms with Gasteiger partial charge in [0, 0.05) is 5.56 Å². The van der Waals surface area contributed by atoms with Gasteiger partial charge in [0.2, 0.25) is 6.79 Å². The van der Waals surface area contributed by atoms with Gasteiger partial charge in [0.05, 0.1) is 11.8 Å². The number of nitrogens with zero attached hydrogens (tertiary/aromatic N) is 1. The molecule has 7 nitrogen and oxygen atoms in total. The summed E-state index contributed by atoms with van der Waals surface area (Å²) in [6.07, 6.45) is 1.44. The molecule has 0 aliphatic carbocycles. The lowest BCUT2D eigenvalue weighted by Crippen LogP contribution is -2.17. The smallest absolute Gasteiger partial charge is 0.346 e. The second-order valence-electron chi connectivity index (χ2n) is 6.21. The van der Waals surface area contributed by atoms with Crippen molar-refractivity contribution in [1.82, 2.24) is 5.43 Å². The van der Waals surface area contributed by atoms with Crippen molar-refractivity contribution in [1.29, 1.82) is 0 Å². The zero-order chi connectivity index (χ0) is 20.9. The van der Waals surface area contributed by atoms with E-state index in [0.717, 1.165) is 0 Å². The predicted octanol–water partition coefficient (Wildman–Crippen LogP) is 3.54. The Balaban J connectivity index is 1.34.